The minimum Gasteiger partial charge on any atom is -1.00 e. The lowest BCUT2D eigenvalue weighted by atomic mass is 10.1. The van der Waals surface area contributed by atoms with Crippen LogP contribution in [0, 0.1) is 0 Å². The van der Waals surface area contributed by atoms with Crippen LogP contribution in [0.4, 0.5) is 0 Å². The van der Waals surface area contributed by atoms with Gasteiger partial charge in [0.25, 0.3) is 0 Å². The molecule has 0 aromatic heterocycles. The first-order chi connectivity index (χ1) is 5.83. The summed E-state index contributed by atoms with van der Waals surface area (Å²) >= 11 is 0. The molecule has 0 saturated carbocycles. The quantitative estimate of drug-likeness (QED) is 0.265. The first kappa shape index (κ1) is 14.5. The van der Waals surface area contributed by atoms with Gasteiger partial charge in [-0.2, -0.15) is 0 Å². The van der Waals surface area contributed by atoms with E-state index in [9.17, 15) is 20.4 Å². The molecule has 0 aliphatic carbocycles. The maximum Gasteiger partial charge on any atom is 0.131 e. The highest BCUT2D eigenvalue weighted by atomic mass is 127. The highest BCUT2D eigenvalue weighted by Gasteiger charge is 2.40. The number of aliphatic hydroxyl groups excluding tert-OH is 4. The summed E-state index contributed by atoms with van der Waals surface area (Å²) in [5.41, 5.74) is 0. The predicted octanol–water partition coefficient (Wildman–Crippen LogP) is -5.48. The lowest BCUT2D eigenvalue weighted by Gasteiger charge is -2.30. The number of quaternary nitrogens is 1. The van der Waals surface area contributed by atoms with E-state index >= 15 is 0 Å². The van der Waals surface area contributed by atoms with Crippen molar-refractivity contribution in [2.24, 2.45) is 0 Å². The van der Waals surface area contributed by atoms with Crippen molar-refractivity contribution in [3.63, 3.8) is 0 Å². The Bertz CT molecular complexity index is 172. The van der Waals surface area contributed by atoms with Crippen molar-refractivity contribution in [1.82, 2.24) is 0 Å². The first-order valence-corrected chi connectivity index (χ1v) is 4.38. The van der Waals surface area contributed by atoms with E-state index in [1.807, 2.05) is 14.1 Å². The molecule has 0 spiro atoms. The Morgan fingerprint density at radius 1 is 0.857 bits per heavy atom. The Balaban J connectivity index is 0.00000169. The monoisotopic (exact) mass is 319 g/mol. The van der Waals surface area contributed by atoms with E-state index in [2.05, 4.69) is 0 Å². The molecule has 0 bridgehead atoms. The third-order valence-corrected chi connectivity index (χ3v) is 2.50. The SMILES string of the molecule is C[N+]1(C)C[C@@H](O)[C@@H](O)[C@H](O)[C@@H](O)C1.[I-]. The van der Waals surface area contributed by atoms with Crippen LogP contribution in [0.1, 0.15) is 0 Å². The van der Waals surface area contributed by atoms with Gasteiger partial charge >= 0.3 is 0 Å². The molecule has 4 atom stereocenters. The van der Waals surface area contributed by atoms with E-state index in [4.69, 9.17) is 0 Å². The number of aliphatic hydroxyl groups is 4. The van der Waals surface area contributed by atoms with Crippen LogP contribution in [-0.2, 0) is 0 Å². The van der Waals surface area contributed by atoms with Crippen molar-refractivity contribution in [1.29, 1.82) is 0 Å². The molecular formula is C8H18INO4. The molecular weight excluding hydrogens is 301 g/mol. The zero-order chi connectivity index (χ0) is 10.2. The summed E-state index contributed by atoms with van der Waals surface area (Å²) in [7, 11) is 3.66. The molecule has 1 fully saturated rings. The summed E-state index contributed by atoms with van der Waals surface area (Å²) < 4.78 is 0.385. The van der Waals surface area contributed by atoms with E-state index in [0.29, 0.717) is 17.6 Å². The molecule has 1 saturated heterocycles. The molecule has 1 heterocycles. The second-order valence-corrected chi connectivity index (χ2v) is 4.42. The van der Waals surface area contributed by atoms with Gasteiger partial charge in [0.05, 0.1) is 14.1 Å². The van der Waals surface area contributed by atoms with E-state index < -0.39 is 24.4 Å². The fraction of sp³-hybridized carbons (Fsp3) is 1.00. The molecule has 0 amide bonds. The molecule has 0 aromatic carbocycles. The molecule has 6 heteroatoms. The third-order valence-electron chi connectivity index (χ3n) is 2.50. The minimum atomic E-state index is -1.25. The largest absolute Gasteiger partial charge is 1.00 e. The standard InChI is InChI=1S/C8H18NO4.HI/c1-9(2)3-5(10)7(12)8(13)6(11)4-9;/h5-8,10-13H,3-4H2,1-2H3;1H/q+1;/p-1/t5-,6+,7-,8-;/m1./s1. The Kier molecular flexibility index (Phi) is 5.23. The maximum atomic E-state index is 9.44. The summed E-state index contributed by atoms with van der Waals surface area (Å²) in [6.07, 6.45) is -4.48. The van der Waals surface area contributed by atoms with E-state index in [-0.39, 0.29) is 24.0 Å². The van der Waals surface area contributed by atoms with Gasteiger partial charge in [-0.15, -0.1) is 0 Å². The molecule has 1 aliphatic heterocycles. The number of hydrogen-bond acceptors (Lipinski definition) is 4. The van der Waals surface area contributed by atoms with Gasteiger partial charge in [-0.3, -0.25) is 0 Å². The van der Waals surface area contributed by atoms with Crippen LogP contribution in [0.25, 0.3) is 0 Å². The second kappa shape index (κ2) is 5.04. The average Bonchev–Trinajstić information content (AvgIpc) is 2.03. The molecule has 5 nitrogen and oxygen atoms in total. The van der Waals surface area contributed by atoms with Gasteiger partial charge in [-0.1, -0.05) is 0 Å². The summed E-state index contributed by atoms with van der Waals surface area (Å²) in [4.78, 5) is 0. The minimum absolute atomic E-state index is 0. The number of likely N-dealkylation sites (tertiary alicyclic amines) is 1. The van der Waals surface area contributed by atoms with Gasteiger partial charge in [0, 0.05) is 0 Å². The normalized spacial score (nSPS) is 42.4. The Morgan fingerprint density at radius 2 is 1.14 bits per heavy atom. The third kappa shape index (κ3) is 3.28. The zero-order valence-corrected chi connectivity index (χ0v) is 10.5. The maximum absolute atomic E-state index is 9.44. The smallest absolute Gasteiger partial charge is 0.131 e. The fourth-order valence-corrected chi connectivity index (χ4v) is 1.76. The van der Waals surface area contributed by atoms with Crippen LogP contribution >= 0.6 is 0 Å². The molecule has 0 radical (unpaired) electrons. The molecule has 1 aliphatic rings. The van der Waals surface area contributed by atoms with Gasteiger partial charge in [0.2, 0.25) is 0 Å². The first-order valence-electron chi connectivity index (χ1n) is 4.38. The average molecular weight is 319 g/mol. The van der Waals surface area contributed by atoms with E-state index in [1.54, 1.807) is 0 Å². The highest BCUT2D eigenvalue weighted by Crippen LogP contribution is 2.16. The number of rotatable bonds is 0. The van der Waals surface area contributed by atoms with Crippen molar-refractivity contribution in [3.05, 3.63) is 0 Å². The summed E-state index contributed by atoms with van der Waals surface area (Å²) in [5, 5.41) is 37.6. The van der Waals surface area contributed by atoms with Gasteiger partial charge in [-0.05, 0) is 0 Å². The molecule has 0 aromatic rings. The summed E-state index contributed by atoms with van der Waals surface area (Å²) in [5.74, 6) is 0. The van der Waals surface area contributed by atoms with Gasteiger partial charge in [0.1, 0.15) is 37.5 Å². The predicted molar refractivity (Wildman–Crippen MR) is 45.9 cm³/mol. The number of likely N-dealkylation sites (N-methyl/N-ethyl adjacent to an activating group) is 1. The Labute approximate surface area is 101 Å². The van der Waals surface area contributed by atoms with Crippen molar-refractivity contribution in [3.8, 4) is 0 Å². The van der Waals surface area contributed by atoms with Crippen LogP contribution in [0.3, 0.4) is 0 Å². The lowest BCUT2D eigenvalue weighted by Crippen LogP contribution is -3.00. The highest BCUT2D eigenvalue weighted by molar-refractivity contribution is 4.83. The van der Waals surface area contributed by atoms with Crippen LogP contribution in [0.2, 0.25) is 0 Å². The molecule has 4 N–H and O–H groups in total. The van der Waals surface area contributed by atoms with Crippen molar-refractivity contribution < 1.29 is 48.9 Å². The van der Waals surface area contributed by atoms with Crippen LogP contribution in [0.15, 0.2) is 0 Å². The topological polar surface area (TPSA) is 80.9 Å². The molecule has 1 rings (SSSR count). The Morgan fingerprint density at radius 3 is 1.43 bits per heavy atom. The van der Waals surface area contributed by atoms with Crippen LogP contribution in [0.5, 0.6) is 0 Å². The summed E-state index contributed by atoms with van der Waals surface area (Å²) in [6, 6.07) is 0. The van der Waals surface area contributed by atoms with E-state index in [0.717, 1.165) is 0 Å². The summed E-state index contributed by atoms with van der Waals surface area (Å²) in [6.45, 7) is 0.657. The van der Waals surface area contributed by atoms with E-state index in [1.165, 1.54) is 0 Å². The van der Waals surface area contributed by atoms with Crippen LogP contribution < -0.4 is 24.0 Å². The molecule has 14 heavy (non-hydrogen) atoms. The lowest BCUT2D eigenvalue weighted by molar-refractivity contribution is -0.895. The van der Waals surface area contributed by atoms with Crippen LogP contribution in [-0.4, -0.2) is 76.5 Å². The van der Waals surface area contributed by atoms with Gasteiger partial charge < -0.3 is 48.9 Å². The van der Waals surface area contributed by atoms with Gasteiger partial charge in [0.15, 0.2) is 0 Å². The van der Waals surface area contributed by atoms with Crippen molar-refractivity contribution >= 4 is 0 Å². The van der Waals surface area contributed by atoms with Crippen molar-refractivity contribution in [2.45, 2.75) is 24.4 Å². The number of halogens is 1. The number of nitrogens with zero attached hydrogens (tertiary/aromatic N) is 1. The Hall–Kier alpha value is 0.530. The number of hydrogen-bond donors (Lipinski definition) is 4. The van der Waals surface area contributed by atoms with Crippen molar-refractivity contribution in [2.75, 3.05) is 27.2 Å². The zero-order valence-electron chi connectivity index (χ0n) is 8.34. The van der Waals surface area contributed by atoms with Gasteiger partial charge in [-0.25, -0.2) is 0 Å². The fourth-order valence-electron chi connectivity index (χ4n) is 1.76. The molecule has 0 unspecified atom stereocenters. The molecule has 86 valence electrons. The second-order valence-electron chi connectivity index (χ2n) is 4.42.